The van der Waals surface area contributed by atoms with E-state index in [1.807, 2.05) is 11.3 Å². The van der Waals surface area contributed by atoms with Crippen molar-refractivity contribution in [3.63, 3.8) is 0 Å². The summed E-state index contributed by atoms with van der Waals surface area (Å²) < 4.78 is 2.78. The van der Waals surface area contributed by atoms with Crippen molar-refractivity contribution in [3.05, 3.63) is 139 Å². The van der Waals surface area contributed by atoms with Gasteiger partial charge in [-0.15, -0.1) is 11.3 Å². The lowest BCUT2D eigenvalue weighted by molar-refractivity contribution is 0.667. The molecule has 0 fully saturated rings. The minimum atomic E-state index is -0.104. The summed E-state index contributed by atoms with van der Waals surface area (Å²) in [6.07, 6.45) is 0. The molecule has 1 nitrogen and oxygen atoms in total. The summed E-state index contributed by atoms with van der Waals surface area (Å²) in [7, 11) is 0. The number of benzene rings is 6. The summed E-state index contributed by atoms with van der Waals surface area (Å²) in [6, 6.07) is 46.6. The molecule has 0 unspecified atom stereocenters. The highest BCUT2D eigenvalue weighted by Gasteiger charge is 2.38. The standard InChI is InChI=1S/C37H27NS/c1-37(2)33-23-28(38(26-12-4-3-5-13-26)27-17-16-24-10-6-7-11-25(24)22-27)18-19-29(33)31-20-21-32-30-14-8-9-15-34(30)39-36(32)35(31)37/h3-23H,1-2H3. The van der Waals surface area contributed by atoms with Crippen LogP contribution in [0.3, 0.4) is 0 Å². The van der Waals surface area contributed by atoms with E-state index >= 15 is 0 Å². The molecule has 0 N–H and O–H groups in total. The lowest BCUT2D eigenvalue weighted by Crippen LogP contribution is -2.16. The Hall–Kier alpha value is -4.40. The Balaban J connectivity index is 1.33. The topological polar surface area (TPSA) is 3.24 Å². The number of fused-ring (bicyclic) bond motifs is 8. The van der Waals surface area contributed by atoms with Crippen molar-refractivity contribution in [2.75, 3.05) is 4.90 Å². The Labute approximate surface area is 232 Å². The van der Waals surface area contributed by atoms with Gasteiger partial charge in [0.25, 0.3) is 0 Å². The van der Waals surface area contributed by atoms with Crippen LogP contribution >= 0.6 is 11.3 Å². The molecule has 0 atom stereocenters. The summed E-state index contributed by atoms with van der Waals surface area (Å²) in [6.45, 7) is 4.79. The van der Waals surface area contributed by atoms with Crippen molar-refractivity contribution < 1.29 is 0 Å². The summed E-state index contributed by atoms with van der Waals surface area (Å²) in [5.41, 5.74) is 8.98. The zero-order valence-corrected chi connectivity index (χ0v) is 22.8. The first-order chi connectivity index (χ1) is 19.1. The Morgan fingerprint density at radius 2 is 1.23 bits per heavy atom. The Bertz CT molecular complexity index is 2050. The molecule has 0 radical (unpaired) electrons. The average Bonchev–Trinajstić information content (AvgIpc) is 3.46. The summed E-state index contributed by atoms with van der Waals surface area (Å²) in [4.78, 5) is 2.39. The van der Waals surface area contributed by atoms with Gasteiger partial charge in [0.2, 0.25) is 0 Å². The van der Waals surface area contributed by atoms with Crippen LogP contribution in [0, 0.1) is 0 Å². The highest BCUT2D eigenvalue weighted by molar-refractivity contribution is 7.26. The molecule has 1 aliphatic rings. The summed E-state index contributed by atoms with van der Waals surface area (Å²) in [5.74, 6) is 0. The maximum absolute atomic E-state index is 2.43. The van der Waals surface area contributed by atoms with Crippen molar-refractivity contribution in [3.8, 4) is 11.1 Å². The fourth-order valence-electron chi connectivity index (χ4n) is 6.53. The van der Waals surface area contributed by atoms with Crippen LogP contribution in [0.1, 0.15) is 25.0 Å². The van der Waals surface area contributed by atoms with Crippen molar-refractivity contribution in [2.45, 2.75) is 19.3 Å². The average molecular weight is 518 g/mol. The van der Waals surface area contributed by atoms with Gasteiger partial charge in [0.1, 0.15) is 0 Å². The second-order valence-electron chi connectivity index (χ2n) is 11.0. The van der Waals surface area contributed by atoms with Gasteiger partial charge in [0.15, 0.2) is 0 Å². The van der Waals surface area contributed by atoms with Crippen LogP contribution < -0.4 is 4.90 Å². The third-order valence-corrected chi connectivity index (χ3v) is 9.61. The van der Waals surface area contributed by atoms with Crippen LogP contribution in [0.2, 0.25) is 0 Å². The second-order valence-corrected chi connectivity index (χ2v) is 12.1. The highest BCUT2D eigenvalue weighted by Crippen LogP contribution is 2.55. The predicted molar refractivity (Wildman–Crippen MR) is 169 cm³/mol. The van der Waals surface area contributed by atoms with E-state index in [-0.39, 0.29) is 5.41 Å². The van der Waals surface area contributed by atoms with E-state index in [0.29, 0.717) is 0 Å². The van der Waals surface area contributed by atoms with Gasteiger partial charge in [0.05, 0.1) is 0 Å². The summed E-state index contributed by atoms with van der Waals surface area (Å²) >= 11 is 1.93. The third-order valence-electron chi connectivity index (χ3n) is 8.40. The zero-order valence-electron chi connectivity index (χ0n) is 22.0. The van der Waals surface area contributed by atoms with E-state index in [0.717, 1.165) is 5.69 Å². The minimum Gasteiger partial charge on any atom is -0.310 e. The molecule has 186 valence electrons. The highest BCUT2D eigenvalue weighted by atomic mass is 32.1. The fraction of sp³-hybridized carbons (Fsp3) is 0.0811. The number of hydrogen-bond acceptors (Lipinski definition) is 2. The van der Waals surface area contributed by atoms with Crippen molar-refractivity contribution in [2.24, 2.45) is 0 Å². The van der Waals surface area contributed by atoms with Crippen LogP contribution in [-0.2, 0) is 5.41 Å². The van der Waals surface area contributed by atoms with Crippen LogP contribution in [0.4, 0.5) is 17.1 Å². The van der Waals surface area contributed by atoms with E-state index in [9.17, 15) is 0 Å². The van der Waals surface area contributed by atoms with Gasteiger partial charge in [-0.25, -0.2) is 0 Å². The Morgan fingerprint density at radius 1 is 0.538 bits per heavy atom. The number of rotatable bonds is 3. The van der Waals surface area contributed by atoms with Gasteiger partial charge in [-0.1, -0.05) is 98.8 Å². The molecule has 7 aromatic rings. The molecule has 0 amide bonds. The summed E-state index contributed by atoms with van der Waals surface area (Å²) in [5, 5.41) is 5.24. The van der Waals surface area contributed by atoms with E-state index in [2.05, 4.69) is 146 Å². The van der Waals surface area contributed by atoms with Crippen molar-refractivity contribution in [1.29, 1.82) is 0 Å². The fourth-order valence-corrected chi connectivity index (χ4v) is 7.94. The van der Waals surface area contributed by atoms with Crippen molar-refractivity contribution >= 4 is 59.3 Å². The maximum atomic E-state index is 2.43. The molecule has 8 rings (SSSR count). The SMILES string of the molecule is CC1(C)c2cc(N(c3ccccc3)c3ccc4ccccc4c3)ccc2-c2ccc3c(sc4ccccc43)c21. The molecule has 2 heteroatoms. The van der Waals surface area contributed by atoms with E-state index < -0.39 is 0 Å². The van der Waals surface area contributed by atoms with Gasteiger partial charge in [0, 0.05) is 42.6 Å². The van der Waals surface area contributed by atoms with Gasteiger partial charge in [-0.3, -0.25) is 0 Å². The monoisotopic (exact) mass is 517 g/mol. The smallest absolute Gasteiger partial charge is 0.0468 e. The molecular weight excluding hydrogens is 490 g/mol. The van der Waals surface area contributed by atoms with Gasteiger partial charge in [-0.05, 0) is 75.5 Å². The molecule has 6 aromatic carbocycles. The van der Waals surface area contributed by atoms with E-state index in [1.165, 1.54) is 64.6 Å². The molecule has 0 saturated heterocycles. The number of nitrogens with zero attached hydrogens (tertiary/aromatic N) is 1. The Kier molecular flexibility index (Phi) is 4.80. The molecule has 1 aromatic heterocycles. The lowest BCUT2D eigenvalue weighted by Gasteiger charge is -2.28. The molecule has 1 aliphatic carbocycles. The number of thiophene rings is 1. The third kappa shape index (κ3) is 3.32. The molecule has 0 spiro atoms. The van der Waals surface area contributed by atoms with E-state index in [1.54, 1.807) is 0 Å². The first kappa shape index (κ1) is 22.6. The number of para-hydroxylation sites is 1. The van der Waals surface area contributed by atoms with Crippen LogP contribution in [0.5, 0.6) is 0 Å². The molecule has 0 saturated carbocycles. The zero-order chi connectivity index (χ0) is 26.1. The molecular formula is C37H27NS. The van der Waals surface area contributed by atoms with E-state index in [4.69, 9.17) is 0 Å². The molecule has 0 aliphatic heterocycles. The number of hydrogen-bond donors (Lipinski definition) is 0. The van der Waals surface area contributed by atoms with Crippen LogP contribution in [0.15, 0.2) is 127 Å². The molecule has 0 bridgehead atoms. The van der Waals surface area contributed by atoms with Crippen LogP contribution in [0.25, 0.3) is 42.1 Å². The van der Waals surface area contributed by atoms with Gasteiger partial charge in [-0.2, -0.15) is 0 Å². The first-order valence-corrected chi connectivity index (χ1v) is 14.3. The quantitative estimate of drug-likeness (QED) is 0.225. The van der Waals surface area contributed by atoms with Crippen molar-refractivity contribution in [1.82, 2.24) is 0 Å². The maximum Gasteiger partial charge on any atom is 0.0468 e. The van der Waals surface area contributed by atoms with Gasteiger partial charge >= 0.3 is 0 Å². The minimum absolute atomic E-state index is 0.104. The van der Waals surface area contributed by atoms with Gasteiger partial charge < -0.3 is 4.90 Å². The first-order valence-electron chi connectivity index (χ1n) is 13.5. The van der Waals surface area contributed by atoms with Crippen LogP contribution in [-0.4, -0.2) is 0 Å². The molecule has 1 heterocycles. The largest absolute Gasteiger partial charge is 0.310 e. The number of anilines is 3. The predicted octanol–water partition coefficient (Wildman–Crippen LogP) is 11.0. The lowest BCUT2D eigenvalue weighted by atomic mass is 9.82. The normalized spacial score (nSPS) is 13.6. The second kappa shape index (κ2) is 8.30. The Morgan fingerprint density at radius 3 is 2.10 bits per heavy atom. The molecule has 39 heavy (non-hydrogen) atoms.